The van der Waals surface area contributed by atoms with E-state index in [1.165, 1.54) is 18.9 Å². The fourth-order valence-corrected chi connectivity index (χ4v) is 2.80. The Morgan fingerprint density at radius 1 is 0.962 bits per heavy atom. The van der Waals surface area contributed by atoms with Gasteiger partial charge in [-0.15, -0.1) is 0 Å². The zero-order valence-electron chi connectivity index (χ0n) is 14.5. The van der Waals surface area contributed by atoms with Crippen molar-refractivity contribution in [1.82, 2.24) is 4.98 Å². The topological polar surface area (TPSA) is 59.5 Å². The molecule has 5 nitrogen and oxygen atoms in total. The maximum atomic E-state index is 12.2. The van der Waals surface area contributed by atoms with E-state index in [-0.39, 0.29) is 5.91 Å². The van der Waals surface area contributed by atoms with Crippen LogP contribution in [0.1, 0.15) is 17.3 Å². The summed E-state index contributed by atoms with van der Waals surface area (Å²) in [6, 6.07) is 20.0. The van der Waals surface area contributed by atoms with Crippen LogP contribution in [0, 0.1) is 0 Å². The predicted octanol–water partition coefficient (Wildman–Crippen LogP) is 4.22. The summed E-state index contributed by atoms with van der Waals surface area (Å²) in [5, 5.41) is 0. The molecule has 0 aliphatic carbocycles. The first-order valence-electron chi connectivity index (χ1n) is 8.11. The Balaban J connectivity index is 2.09. The smallest absolute Gasteiger partial charge is 0.338 e. The number of hydrogen-bond acceptors (Lipinski definition) is 4. The lowest BCUT2D eigenvalue weighted by molar-refractivity contribution is -0.115. The Hall–Kier alpha value is -3.47. The van der Waals surface area contributed by atoms with Crippen molar-refractivity contribution in [1.29, 1.82) is 0 Å². The standard InChI is InChI=1S/C21H18N2O3/c1-15(24)23(20-12-5-6-13-22-20)17-9-7-8-16(14-17)18-10-3-4-11-19(18)21(25)26-2/h3-14H,1-2H3. The van der Waals surface area contributed by atoms with Crippen molar-refractivity contribution < 1.29 is 14.3 Å². The molecule has 0 atom stereocenters. The maximum absolute atomic E-state index is 12.2. The summed E-state index contributed by atoms with van der Waals surface area (Å²) in [7, 11) is 1.36. The van der Waals surface area contributed by atoms with E-state index in [9.17, 15) is 9.59 Å². The van der Waals surface area contributed by atoms with Gasteiger partial charge < -0.3 is 4.74 Å². The molecule has 3 aromatic rings. The number of pyridine rings is 1. The highest BCUT2D eigenvalue weighted by atomic mass is 16.5. The van der Waals surface area contributed by atoms with Gasteiger partial charge in [-0.05, 0) is 41.5 Å². The van der Waals surface area contributed by atoms with Crippen LogP contribution in [0.2, 0.25) is 0 Å². The Labute approximate surface area is 151 Å². The average molecular weight is 346 g/mol. The van der Waals surface area contributed by atoms with Gasteiger partial charge >= 0.3 is 5.97 Å². The largest absolute Gasteiger partial charge is 0.465 e. The fraction of sp³-hybridized carbons (Fsp3) is 0.0952. The number of rotatable bonds is 4. The van der Waals surface area contributed by atoms with Crippen LogP contribution in [0.15, 0.2) is 72.9 Å². The van der Waals surface area contributed by atoms with E-state index < -0.39 is 5.97 Å². The molecule has 1 aromatic heterocycles. The maximum Gasteiger partial charge on any atom is 0.338 e. The third-order valence-electron chi connectivity index (χ3n) is 3.94. The van der Waals surface area contributed by atoms with Crippen molar-refractivity contribution in [2.45, 2.75) is 6.92 Å². The molecule has 1 amide bonds. The number of ether oxygens (including phenoxy) is 1. The molecule has 1 heterocycles. The van der Waals surface area contributed by atoms with E-state index in [0.717, 1.165) is 11.1 Å². The third kappa shape index (κ3) is 3.47. The van der Waals surface area contributed by atoms with Gasteiger partial charge in [-0.3, -0.25) is 9.69 Å². The second-order valence-corrected chi connectivity index (χ2v) is 5.63. The van der Waals surface area contributed by atoms with Gasteiger partial charge in [0.05, 0.1) is 18.4 Å². The van der Waals surface area contributed by atoms with Crippen LogP contribution in [0.25, 0.3) is 11.1 Å². The molecule has 0 aliphatic heterocycles. The van der Waals surface area contributed by atoms with Gasteiger partial charge in [0.2, 0.25) is 5.91 Å². The van der Waals surface area contributed by atoms with Gasteiger partial charge in [-0.1, -0.05) is 36.4 Å². The molecule has 3 rings (SSSR count). The number of methoxy groups -OCH3 is 1. The van der Waals surface area contributed by atoms with E-state index in [0.29, 0.717) is 17.1 Å². The van der Waals surface area contributed by atoms with Crippen molar-refractivity contribution in [2.75, 3.05) is 12.0 Å². The molecule has 0 radical (unpaired) electrons. The van der Waals surface area contributed by atoms with Crippen LogP contribution < -0.4 is 4.90 Å². The number of esters is 1. The Bertz CT molecular complexity index is 939. The molecule has 130 valence electrons. The van der Waals surface area contributed by atoms with Crippen LogP contribution in [-0.4, -0.2) is 24.0 Å². The second kappa shape index (κ2) is 7.61. The zero-order chi connectivity index (χ0) is 18.5. The summed E-state index contributed by atoms with van der Waals surface area (Å²) < 4.78 is 4.87. The highest BCUT2D eigenvalue weighted by molar-refractivity contribution is 6.00. The molecule has 5 heteroatoms. The molecule has 0 saturated heterocycles. The highest BCUT2D eigenvalue weighted by Crippen LogP contribution is 2.30. The molecule has 0 saturated carbocycles. The normalized spacial score (nSPS) is 10.2. The minimum Gasteiger partial charge on any atom is -0.465 e. The molecule has 0 N–H and O–H groups in total. The first kappa shape index (κ1) is 17.4. The molecule has 0 aliphatic rings. The van der Waals surface area contributed by atoms with E-state index in [1.54, 1.807) is 30.5 Å². The van der Waals surface area contributed by atoms with Crippen LogP contribution in [0.5, 0.6) is 0 Å². The molecule has 0 fully saturated rings. The molecular weight excluding hydrogens is 328 g/mol. The summed E-state index contributed by atoms with van der Waals surface area (Å²) >= 11 is 0. The van der Waals surface area contributed by atoms with Crippen LogP contribution in [0.4, 0.5) is 11.5 Å². The van der Waals surface area contributed by atoms with Crippen molar-refractivity contribution in [3.63, 3.8) is 0 Å². The van der Waals surface area contributed by atoms with Gasteiger partial charge in [0.1, 0.15) is 5.82 Å². The molecule has 2 aromatic carbocycles. The van der Waals surface area contributed by atoms with Crippen molar-refractivity contribution in [3.05, 3.63) is 78.5 Å². The SMILES string of the molecule is COC(=O)c1ccccc1-c1cccc(N(C(C)=O)c2ccccn2)c1. The van der Waals surface area contributed by atoms with E-state index in [4.69, 9.17) is 4.74 Å². The molecule has 26 heavy (non-hydrogen) atoms. The average Bonchev–Trinajstić information content (AvgIpc) is 2.68. The number of carbonyl (C=O) groups is 2. The third-order valence-corrected chi connectivity index (χ3v) is 3.94. The van der Waals surface area contributed by atoms with Crippen molar-refractivity contribution in [2.24, 2.45) is 0 Å². The zero-order valence-corrected chi connectivity index (χ0v) is 14.5. The summed E-state index contributed by atoms with van der Waals surface area (Å²) in [5.74, 6) is -0.0142. The minimum atomic E-state index is -0.404. The summed E-state index contributed by atoms with van der Waals surface area (Å²) in [6.45, 7) is 1.49. The number of anilines is 2. The molecule has 0 spiro atoms. The first-order valence-corrected chi connectivity index (χ1v) is 8.11. The lowest BCUT2D eigenvalue weighted by atomic mass is 9.99. The van der Waals surface area contributed by atoms with Crippen LogP contribution in [-0.2, 0) is 9.53 Å². The number of hydrogen-bond donors (Lipinski definition) is 0. The minimum absolute atomic E-state index is 0.151. The van der Waals surface area contributed by atoms with Gasteiger partial charge in [-0.25, -0.2) is 9.78 Å². The number of amides is 1. The Kier molecular flexibility index (Phi) is 5.08. The lowest BCUT2D eigenvalue weighted by Gasteiger charge is -2.21. The number of nitrogens with zero attached hydrogens (tertiary/aromatic N) is 2. The second-order valence-electron chi connectivity index (χ2n) is 5.63. The summed E-state index contributed by atoms with van der Waals surface area (Å²) in [5.41, 5.74) is 2.70. The molecular formula is C21H18N2O3. The van der Waals surface area contributed by atoms with E-state index in [2.05, 4.69) is 4.98 Å². The first-order chi connectivity index (χ1) is 12.6. The monoisotopic (exact) mass is 346 g/mol. The summed E-state index contributed by atoms with van der Waals surface area (Å²) in [6.07, 6.45) is 1.64. The molecule has 0 unspecified atom stereocenters. The van der Waals surface area contributed by atoms with Gasteiger partial charge in [0, 0.05) is 13.1 Å². The summed E-state index contributed by atoms with van der Waals surface area (Å²) in [4.78, 5) is 30.1. The quantitative estimate of drug-likeness (QED) is 0.664. The van der Waals surface area contributed by atoms with E-state index in [1.807, 2.05) is 42.5 Å². The van der Waals surface area contributed by atoms with Gasteiger partial charge in [0.25, 0.3) is 0 Å². The van der Waals surface area contributed by atoms with Gasteiger partial charge in [-0.2, -0.15) is 0 Å². The predicted molar refractivity (Wildman–Crippen MR) is 100 cm³/mol. The Morgan fingerprint density at radius 3 is 2.42 bits per heavy atom. The lowest BCUT2D eigenvalue weighted by Crippen LogP contribution is -2.23. The van der Waals surface area contributed by atoms with Crippen molar-refractivity contribution >= 4 is 23.4 Å². The van der Waals surface area contributed by atoms with Crippen LogP contribution in [0.3, 0.4) is 0 Å². The number of carbonyl (C=O) groups excluding carboxylic acids is 2. The fourth-order valence-electron chi connectivity index (χ4n) is 2.80. The van der Waals surface area contributed by atoms with Gasteiger partial charge in [0.15, 0.2) is 0 Å². The Morgan fingerprint density at radius 2 is 1.73 bits per heavy atom. The number of benzene rings is 2. The number of aromatic nitrogens is 1. The highest BCUT2D eigenvalue weighted by Gasteiger charge is 2.17. The van der Waals surface area contributed by atoms with Crippen LogP contribution >= 0.6 is 0 Å². The molecule has 0 bridgehead atoms. The van der Waals surface area contributed by atoms with Crippen molar-refractivity contribution in [3.8, 4) is 11.1 Å². The van der Waals surface area contributed by atoms with E-state index >= 15 is 0 Å².